The predicted molar refractivity (Wildman–Crippen MR) is 89.9 cm³/mol. The number of carbonyl (C=O) groups is 1. The van der Waals surface area contributed by atoms with E-state index < -0.39 is 0 Å². The van der Waals surface area contributed by atoms with E-state index >= 15 is 0 Å². The quantitative estimate of drug-likeness (QED) is 0.810. The van der Waals surface area contributed by atoms with Gasteiger partial charge < -0.3 is 9.88 Å². The summed E-state index contributed by atoms with van der Waals surface area (Å²) in [5.41, 5.74) is 1.63. The molecule has 0 saturated carbocycles. The van der Waals surface area contributed by atoms with Crippen LogP contribution >= 0.6 is 27.5 Å². The van der Waals surface area contributed by atoms with Gasteiger partial charge in [0.05, 0.1) is 6.04 Å². The van der Waals surface area contributed by atoms with E-state index in [1.165, 1.54) is 0 Å². The largest absolute Gasteiger partial charge is 0.344 e. The second kappa shape index (κ2) is 6.67. The number of hydrogen-bond acceptors (Lipinski definition) is 1. The molecule has 1 amide bonds. The molecule has 1 atom stereocenters. The highest BCUT2D eigenvalue weighted by molar-refractivity contribution is 9.10. The van der Waals surface area contributed by atoms with Crippen molar-refractivity contribution in [3.05, 3.63) is 57.3 Å². The number of nitrogens with one attached hydrogen (secondary N) is 1. The predicted octanol–water partition coefficient (Wildman–Crippen LogP) is 4.98. The maximum atomic E-state index is 12.5. The highest BCUT2D eigenvalue weighted by Gasteiger charge is 2.17. The first-order chi connectivity index (χ1) is 9.88. The number of rotatable bonds is 4. The molecular weight excluding hydrogens is 352 g/mol. The van der Waals surface area contributed by atoms with Crippen LogP contribution in [0, 0.1) is 0 Å². The van der Waals surface area contributed by atoms with Gasteiger partial charge in [0.15, 0.2) is 0 Å². The third kappa shape index (κ3) is 3.89. The molecule has 0 saturated heterocycles. The highest BCUT2D eigenvalue weighted by atomic mass is 79.9. The molecule has 1 unspecified atom stereocenters. The van der Waals surface area contributed by atoms with Crippen LogP contribution in [-0.4, -0.2) is 10.5 Å². The van der Waals surface area contributed by atoms with Crippen molar-refractivity contribution in [3.63, 3.8) is 0 Å². The van der Waals surface area contributed by atoms with E-state index in [4.69, 9.17) is 11.6 Å². The maximum Gasteiger partial charge on any atom is 0.268 e. The lowest BCUT2D eigenvalue weighted by molar-refractivity contribution is 0.0929. The number of benzene rings is 1. The number of amides is 1. The van der Waals surface area contributed by atoms with Gasteiger partial charge in [0, 0.05) is 21.7 Å². The normalized spacial score (nSPS) is 12.5. The fourth-order valence-electron chi connectivity index (χ4n) is 2.18. The van der Waals surface area contributed by atoms with Crippen molar-refractivity contribution in [1.82, 2.24) is 9.88 Å². The van der Waals surface area contributed by atoms with Gasteiger partial charge in [0.1, 0.15) is 5.69 Å². The fraction of sp³-hybridized carbons (Fsp3) is 0.312. The molecule has 0 aliphatic carbocycles. The Balaban J connectivity index is 2.18. The second-order valence-electron chi connectivity index (χ2n) is 5.29. The van der Waals surface area contributed by atoms with Gasteiger partial charge in [-0.25, -0.2) is 0 Å². The Morgan fingerprint density at radius 2 is 2.00 bits per heavy atom. The summed E-state index contributed by atoms with van der Waals surface area (Å²) in [5.74, 6) is -0.0955. The second-order valence-corrected chi connectivity index (χ2v) is 6.65. The van der Waals surface area contributed by atoms with Gasteiger partial charge >= 0.3 is 0 Å². The molecule has 1 N–H and O–H groups in total. The topological polar surface area (TPSA) is 34.0 Å². The summed E-state index contributed by atoms with van der Waals surface area (Å²) in [6.45, 7) is 6.04. The number of halogens is 2. The minimum absolute atomic E-state index is 0.0955. The molecule has 0 aliphatic heterocycles. The molecular formula is C16H18BrClN2O. The zero-order valence-electron chi connectivity index (χ0n) is 12.2. The van der Waals surface area contributed by atoms with Crippen molar-refractivity contribution in [1.29, 1.82) is 0 Å². The van der Waals surface area contributed by atoms with Gasteiger partial charge in [-0.3, -0.25) is 4.79 Å². The van der Waals surface area contributed by atoms with Gasteiger partial charge in [-0.2, -0.15) is 0 Å². The van der Waals surface area contributed by atoms with Gasteiger partial charge in [-0.1, -0.05) is 23.7 Å². The number of nitrogens with zero attached hydrogens (tertiary/aromatic N) is 1. The van der Waals surface area contributed by atoms with Crippen LogP contribution in [0.15, 0.2) is 41.0 Å². The van der Waals surface area contributed by atoms with Gasteiger partial charge in [0.2, 0.25) is 0 Å². The molecule has 5 heteroatoms. The summed E-state index contributed by atoms with van der Waals surface area (Å²) < 4.78 is 2.85. The minimum Gasteiger partial charge on any atom is -0.344 e. The van der Waals surface area contributed by atoms with E-state index in [0.717, 1.165) is 10.0 Å². The van der Waals surface area contributed by atoms with Crippen molar-refractivity contribution < 1.29 is 4.79 Å². The monoisotopic (exact) mass is 368 g/mol. The molecule has 0 radical (unpaired) electrons. The smallest absolute Gasteiger partial charge is 0.268 e. The van der Waals surface area contributed by atoms with Crippen LogP contribution in [0.2, 0.25) is 5.02 Å². The Morgan fingerprint density at radius 3 is 2.62 bits per heavy atom. The zero-order chi connectivity index (χ0) is 15.6. The van der Waals surface area contributed by atoms with Crippen molar-refractivity contribution in [3.8, 4) is 0 Å². The van der Waals surface area contributed by atoms with Crippen LogP contribution < -0.4 is 5.32 Å². The lowest BCUT2D eigenvalue weighted by Crippen LogP contribution is -2.28. The van der Waals surface area contributed by atoms with E-state index in [1.54, 1.807) is 0 Å². The summed E-state index contributed by atoms with van der Waals surface area (Å²) in [4.78, 5) is 12.5. The van der Waals surface area contributed by atoms with Gasteiger partial charge in [-0.05, 0) is 60.5 Å². The summed E-state index contributed by atoms with van der Waals surface area (Å²) in [6.07, 6.45) is 1.92. The van der Waals surface area contributed by atoms with Crippen LogP contribution in [0.25, 0.3) is 0 Å². The Hall–Kier alpha value is -1.26. The zero-order valence-corrected chi connectivity index (χ0v) is 14.6. The van der Waals surface area contributed by atoms with Gasteiger partial charge in [0.25, 0.3) is 5.91 Å². The molecule has 2 rings (SSSR count). The lowest BCUT2D eigenvalue weighted by Gasteiger charge is -2.17. The first kappa shape index (κ1) is 16.1. The molecule has 0 aliphatic rings. The number of aromatic nitrogens is 1. The molecule has 21 heavy (non-hydrogen) atoms. The molecule has 1 heterocycles. The average Bonchev–Trinajstić information content (AvgIpc) is 2.81. The third-order valence-electron chi connectivity index (χ3n) is 3.30. The van der Waals surface area contributed by atoms with E-state index in [9.17, 15) is 4.79 Å². The first-order valence-corrected chi connectivity index (χ1v) is 7.99. The van der Waals surface area contributed by atoms with Crippen molar-refractivity contribution >= 4 is 33.4 Å². The van der Waals surface area contributed by atoms with Crippen LogP contribution in [0.4, 0.5) is 0 Å². The van der Waals surface area contributed by atoms with Crippen molar-refractivity contribution in [2.75, 3.05) is 0 Å². The Morgan fingerprint density at radius 1 is 1.29 bits per heavy atom. The number of hydrogen-bond donors (Lipinski definition) is 1. The van der Waals surface area contributed by atoms with E-state index in [2.05, 4.69) is 21.2 Å². The SMILES string of the molecule is CC(NC(=O)c1cc(Br)cn1C(C)C)c1cccc(Cl)c1. The first-order valence-electron chi connectivity index (χ1n) is 6.82. The van der Waals surface area contributed by atoms with E-state index in [-0.39, 0.29) is 18.0 Å². The van der Waals surface area contributed by atoms with E-state index in [0.29, 0.717) is 10.7 Å². The molecule has 0 bridgehead atoms. The summed E-state index contributed by atoms with van der Waals surface area (Å²) in [6, 6.07) is 9.47. The van der Waals surface area contributed by atoms with Crippen LogP contribution in [0.1, 0.15) is 48.9 Å². The fourth-order valence-corrected chi connectivity index (χ4v) is 2.82. The summed E-state index contributed by atoms with van der Waals surface area (Å²) >= 11 is 9.41. The molecule has 2 aromatic rings. The third-order valence-corrected chi connectivity index (χ3v) is 3.97. The van der Waals surface area contributed by atoms with Crippen LogP contribution in [-0.2, 0) is 0 Å². The Kier molecular flexibility index (Phi) is 5.12. The Bertz CT molecular complexity index is 651. The summed E-state index contributed by atoms with van der Waals surface area (Å²) in [7, 11) is 0. The van der Waals surface area contributed by atoms with Gasteiger partial charge in [-0.15, -0.1) is 0 Å². The van der Waals surface area contributed by atoms with Crippen LogP contribution in [0.3, 0.4) is 0 Å². The van der Waals surface area contributed by atoms with Crippen molar-refractivity contribution in [2.24, 2.45) is 0 Å². The molecule has 0 spiro atoms. The maximum absolute atomic E-state index is 12.5. The molecule has 1 aromatic carbocycles. The standard InChI is InChI=1S/C16H18BrClN2O/c1-10(2)20-9-13(17)8-15(20)16(21)19-11(3)12-5-4-6-14(18)7-12/h4-11H,1-3H3,(H,19,21). The lowest BCUT2D eigenvalue weighted by atomic mass is 10.1. The summed E-state index contributed by atoms with van der Waals surface area (Å²) in [5, 5.41) is 3.68. The molecule has 1 aromatic heterocycles. The minimum atomic E-state index is -0.106. The van der Waals surface area contributed by atoms with E-state index in [1.807, 2.05) is 61.9 Å². The average molecular weight is 370 g/mol. The van der Waals surface area contributed by atoms with Crippen molar-refractivity contribution in [2.45, 2.75) is 32.9 Å². The molecule has 112 valence electrons. The highest BCUT2D eigenvalue weighted by Crippen LogP contribution is 2.21. The molecule has 0 fully saturated rings. The van der Waals surface area contributed by atoms with Crippen LogP contribution in [0.5, 0.6) is 0 Å². The number of carbonyl (C=O) groups excluding carboxylic acids is 1. The Labute approximate surface area is 138 Å². The molecule has 3 nitrogen and oxygen atoms in total.